The summed E-state index contributed by atoms with van der Waals surface area (Å²) in [5.41, 5.74) is 3.51. The second kappa shape index (κ2) is 5.90. The third-order valence-electron chi connectivity index (χ3n) is 3.95. The minimum Gasteiger partial charge on any atom is -0.309 e. The second-order valence-corrected chi connectivity index (χ2v) is 6.40. The van der Waals surface area contributed by atoms with E-state index in [1.165, 1.54) is 5.56 Å². The van der Waals surface area contributed by atoms with Crippen molar-refractivity contribution in [1.29, 1.82) is 0 Å². The number of rotatable bonds is 2. The van der Waals surface area contributed by atoms with Gasteiger partial charge in [0, 0.05) is 28.0 Å². The number of anilines is 1. The van der Waals surface area contributed by atoms with Crippen molar-refractivity contribution in [3.63, 3.8) is 0 Å². The Labute approximate surface area is 139 Å². The molecule has 0 N–H and O–H groups in total. The molecule has 2 heterocycles. The Morgan fingerprint density at radius 2 is 2.09 bits per heavy atom. The second-order valence-electron chi connectivity index (χ2n) is 5.64. The zero-order valence-electron chi connectivity index (χ0n) is 12.4. The Morgan fingerprint density at radius 3 is 2.82 bits per heavy atom. The average Bonchev–Trinajstić information content (AvgIpc) is 2.78. The van der Waals surface area contributed by atoms with Crippen LogP contribution >= 0.6 is 23.2 Å². The molecule has 0 aliphatic carbocycles. The molecule has 0 radical (unpaired) electrons. The first-order chi connectivity index (χ1) is 10.5. The summed E-state index contributed by atoms with van der Waals surface area (Å²) in [5, 5.41) is 0.796. The van der Waals surface area contributed by atoms with Gasteiger partial charge in [0.25, 0.3) is 0 Å². The molecule has 0 fully saturated rings. The maximum Gasteiger partial charge on any atom is 0.231 e. The van der Waals surface area contributed by atoms with Crippen LogP contribution in [0.5, 0.6) is 0 Å². The van der Waals surface area contributed by atoms with E-state index in [1.54, 1.807) is 6.07 Å². The van der Waals surface area contributed by atoms with E-state index in [-0.39, 0.29) is 18.4 Å². The number of fused-ring (bicyclic) bond motifs is 1. The molecule has 5 heteroatoms. The molecule has 1 aromatic heterocycles. The summed E-state index contributed by atoms with van der Waals surface area (Å²) >= 11 is 12.4. The highest BCUT2D eigenvalue weighted by molar-refractivity contribution is 6.35. The minimum atomic E-state index is -0.00750. The van der Waals surface area contributed by atoms with Crippen LogP contribution in [0.2, 0.25) is 10.2 Å². The van der Waals surface area contributed by atoms with E-state index in [0.717, 1.165) is 17.8 Å². The lowest BCUT2D eigenvalue weighted by molar-refractivity contribution is -0.118. The van der Waals surface area contributed by atoms with Crippen LogP contribution in [-0.2, 0) is 17.6 Å². The average molecular weight is 335 g/mol. The van der Waals surface area contributed by atoms with Gasteiger partial charge < -0.3 is 4.90 Å². The van der Waals surface area contributed by atoms with Crippen LogP contribution in [0.25, 0.3) is 0 Å². The Kier molecular flexibility index (Phi) is 4.11. The quantitative estimate of drug-likeness (QED) is 0.770. The molecule has 2 aromatic rings. The summed E-state index contributed by atoms with van der Waals surface area (Å²) in [5.74, 6) is -0.00750. The maximum absolute atomic E-state index is 12.8. The van der Waals surface area contributed by atoms with E-state index in [1.807, 2.05) is 30.0 Å². The summed E-state index contributed by atoms with van der Waals surface area (Å²) in [6.07, 6.45) is 1.03. The molecule has 1 aliphatic heterocycles. The fourth-order valence-corrected chi connectivity index (χ4v) is 3.63. The zero-order valence-corrected chi connectivity index (χ0v) is 13.9. The number of para-hydroxylation sites is 1. The van der Waals surface area contributed by atoms with E-state index in [4.69, 9.17) is 23.2 Å². The third-order valence-corrected chi connectivity index (χ3v) is 4.60. The van der Waals surface area contributed by atoms with Gasteiger partial charge in [0.1, 0.15) is 5.15 Å². The molecular weight excluding hydrogens is 319 g/mol. The highest BCUT2D eigenvalue weighted by Gasteiger charge is 2.31. The van der Waals surface area contributed by atoms with Gasteiger partial charge >= 0.3 is 0 Å². The van der Waals surface area contributed by atoms with Crippen molar-refractivity contribution in [2.24, 2.45) is 0 Å². The monoisotopic (exact) mass is 334 g/mol. The van der Waals surface area contributed by atoms with Gasteiger partial charge in [-0.1, -0.05) is 41.4 Å². The number of amides is 1. The topological polar surface area (TPSA) is 33.2 Å². The number of nitrogens with zero attached hydrogens (tertiary/aromatic N) is 2. The molecule has 0 saturated heterocycles. The van der Waals surface area contributed by atoms with E-state index in [2.05, 4.69) is 18.0 Å². The molecule has 1 aliphatic rings. The molecule has 1 atom stereocenters. The SMILES string of the molecule is Cc1cc(Cl)c(CC(=O)N2c3ccccc3C[C@@H]2C)c(Cl)n1. The molecule has 1 aromatic carbocycles. The molecule has 0 unspecified atom stereocenters. The van der Waals surface area contributed by atoms with E-state index in [9.17, 15) is 4.79 Å². The zero-order chi connectivity index (χ0) is 15.9. The summed E-state index contributed by atoms with van der Waals surface area (Å²) in [7, 11) is 0. The number of carbonyl (C=O) groups is 1. The Morgan fingerprint density at radius 1 is 1.36 bits per heavy atom. The minimum absolute atomic E-state index is 0.00750. The van der Waals surface area contributed by atoms with E-state index < -0.39 is 0 Å². The predicted molar refractivity (Wildman–Crippen MR) is 89.8 cm³/mol. The summed E-state index contributed by atoms with van der Waals surface area (Å²) in [6.45, 7) is 3.87. The first kappa shape index (κ1) is 15.3. The number of benzene rings is 1. The highest BCUT2D eigenvalue weighted by atomic mass is 35.5. The van der Waals surface area contributed by atoms with Crippen LogP contribution in [-0.4, -0.2) is 16.9 Å². The first-order valence-corrected chi connectivity index (χ1v) is 7.94. The van der Waals surface area contributed by atoms with Gasteiger partial charge in [-0.2, -0.15) is 0 Å². The van der Waals surface area contributed by atoms with Crippen molar-refractivity contribution >= 4 is 34.8 Å². The van der Waals surface area contributed by atoms with Gasteiger partial charge in [-0.05, 0) is 38.0 Å². The Hall–Kier alpha value is -1.58. The van der Waals surface area contributed by atoms with Gasteiger partial charge in [0.05, 0.1) is 6.42 Å². The predicted octanol–water partition coefficient (Wildman–Crippen LogP) is 4.22. The van der Waals surface area contributed by atoms with Crippen LogP contribution in [0.1, 0.15) is 23.7 Å². The van der Waals surface area contributed by atoms with Crippen molar-refractivity contribution in [3.05, 3.63) is 57.3 Å². The molecule has 3 rings (SSSR count). The van der Waals surface area contributed by atoms with Gasteiger partial charge in [-0.25, -0.2) is 4.98 Å². The van der Waals surface area contributed by atoms with Crippen molar-refractivity contribution in [1.82, 2.24) is 4.98 Å². The lowest BCUT2D eigenvalue weighted by Crippen LogP contribution is -2.37. The molecule has 0 spiro atoms. The molecule has 1 amide bonds. The van der Waals surface area contributed by atoms with Gasteiger partial charge in [-0.15, -0.1) is 0 Å². The summed E-state index contributed by atoms with van der Waals surface area (Å²) in [4.78, 5) is 18.8. The molecular formula is C17H16Cl2N2O. The fourth-order valence-electron chi connectivity index (χ4n) is 2.96. The molecule has 0 saturated carbocycles. The van der Waals surface area contributed by atoms with E-state index in [0.29, 0.717) is 15.7 Å². The van der Waals surface area contributed by atoms with Crippen LogP contribution in [0.3, 0.4) is 0 Å². The van der Waals surface area contributed by atoms with Crippen molar-refractivity contribution < 1.29 is 4.79 Å². The van der Waals surface area contributed by atoms with Gasteiger partial charge in [0.15, 0.2) is 0 Å². The van der Waals surface area contributed by atoms with Crippen LogP contribution in [0.15, 0.2) is 30.3 Å². The summed E-state index contributed by atoms with van der Waals surface area (Å²) in [6, 6.07) is 9.86. The largest absolute Gasteiger partial charge is 0.309 e. The Bertz CT molecular complexity index is 722. The number of aromatic nitrogens is 1. The highest BCUT2D eigenvalue weighted by Crippen LogP contribution is 2.33. The fraction of sp³-hybridized carbons (Fsp3) is 0.294. The number of halogens is 2. The van der Waals surface area contributed by atoms with Crippen LogP contribution < -0.4 is 4.90 Å². The lowest BCUT2D eigenvalue weighted by atomic mass is 10.1. The van der Waals surface area contributed by atoms with E-state index >= 15 is 0 Å². The number of pyridine rings is 1. The van der Waals surface area contributed by atoms with Gasteiger partial charge in [0.2, 0.25) is 5.91 Å². The first-order valence-electron chi connectivity index (χ1n) is 7.19. The van der Waals surface area contributed by atoms with Crippen molar-refractivity contribution in [2.75, 3.05) is 4.90 Å². The summed E-state index contributed by atoms with van der Waals surface area (Å²) < 4.78 is 0. The number of hydrogen-bond acceptors (Lipinski definition) is 2. The van der Waals surface area contributed by atoms with Gasteiger partial charge in [-0.3, -0.25) is 4.79 Å². The van der Waals surface area contributed by atoms with Crippen molar-refractivity contribution in [3.8, 4) is 0 Å². The Balaban J connectivity index is 1.90. The molecule has 22 heavy (non-hydrogen) atoms. The maximum atomic E-state index is 12.8. The molecule has 0 bridgehead atoms. The number of hydrogen-bond donors (Lipinski definition) is 0. The van der Waals surface area contributed by atoms with Crippen LogP contribution in [0.4, 0.5) is 5.69 Å². The third kappa shape index (κ3) is 2.71. The molecule has 3 nitrogen and oxygen atoms in total. The number of carbonyl (C=O) groups excluding carboxylic acids is 1. The standard InChI is InChI=1S/C17H16Cl2N2O/c1-10-7-14(18)13(17(19)20-10)9-16(22)21-11(2)8-12-5-3-4-6-15(12)21/h3-7,11H,8-9H2,1-2H3/t11-/m0/s1. The number of aryl methyl sites for hydroxylation is 1. The normalized spacial score (nSPS) is 16.7. The molecule has 114 valence electrons. The van der Waals surface area contributed by atoms with Crippen LogP contribution in [0, 0.1) is 6.92 Å². The van der Waals surface area contributed by atoms with Crippen molar-refractivity contribution in [2.45, 2.75) is 32.7 Å². The lowest BCUT2D eigenvalue weighted by Gasteiger charge is -2.23. The smallest absolute Gasteiger partial charge is 0.231 e.